The van der Waals surface area contributed by atoms with Gasteiger partial charge in [0.15, 0.2) is 0 Å². The SMILES string of the molecule is C=C(C)C(=O)O.C=C(C)C(=O)O.C=C(C)C(=O)O.C=C(C)C(=O)O.OCCCC(CO)C(CO)CO. The van der Waals surface area contributed by atoms with Crippen LogP contribution in [-0.4, -0.2) is 91.2 Å². The molecule has 1 unspecified atom stereocenters. The number of carboxylic acid groups (broad SMARTS) is 4. The summed E-state index contributed by atoms with van der Waals surface area (Å²) in [6, 6.07) is 0. The minimum Gasteiger partial charge on any atom is -0.478 e. The first-order valence-corrected chi connectivity index (χ1v) is 10.4. The number of rotatable bonds is 11. The van der Waals surface area contributed by atoms with Crippen LogP contribution < -0.4 is 0 Å². The topological polar surface area (TPSA) is 230 Å². The van der Waals surface area contributed by atoms with Crippen molar-refractivity contribution < 1.29 is 60.0 Å². The Bertz CT molecular complexity index is 562. The molecule has 1 atom stereocenters. The Morgan fingerprint density at radius 1 is 0.528 bits per heavy atom. The van der Waals surface area contributed by atoms with Crippen molar-refractivity contribution in [3.63, 3.8) is 0 Å². The molecule has 8 N–H and O–H groups in total. The van der Waals surface area contributed by atoms with Crippen molar-refractivity contribution in [3.05, 3.63) is 48.6 Å². The van der Waals surface area contributed by atoms with Gasteiger partial charge >= 0.3 is 23.9 Å². The molecule has 0 saturated heterocycles. The minimum atomic E-state index is -0.935. The second kappa shape index (κ2) is 27.9. The lowest BCUT2D eigenvalue weighted by Gasteiger charge is -2.21. The molecule has 0 heterocycles. The lowest BCUT2D eigenvalue weighted by atomic mass is 9.90. The van der Waals surface area contributed by atoms with E-state index in [2.05, 4.69) is 26.3 Å². The molecule has 36 heavy (non-hydrogen) atoms. The Morgan fingerprint density at radius 2 is 0.722 bits per heavy atom. The van der Waals surface area contributed by atoms with Crippen LogP contribution in [0.3, 0.4) is 0 Å². The van der Waals surface area contributed by atoms with E-state index >= 15 is 0 Å². The average molecular weight is 523 g/mol. The average Bonchev–Trinajstić information content (AvgIpc) is 2.78. The number of aliphatic carboxylic acids is 4. The predicted molar refractivity (Wildman–Crippen MR) is 134 cm³/mol. The molecule has 0 fully saturated rings. The smallest absolute Gasteiger partial charge is 0.330 e. The van der Waals surface area contributed by atoms with Gasteiger partial charge in [-0.15, -0.1) is 0 Å². The van der Waals surface area contributed by atoms with Gasteiger partial charge < -0.3 is 40.9 Å². The van der Waals surface area contributed by atoms with E-state index < -0.39 is 23.9 Å². The molecule has 0 bridgehead atoms. The van der Waals surface area contributed by atoms with Gasteiger partial charge in [0, 0.05) is 54.6 Å². The molecule has 12 nitrogen and oxygen atoms in total. The van der Waals surface area contributed by atoms with E-state index in [0.29, 0.717) is 12.8 Å². The molecule has 0 aromatic rings. The third kappa shape index (κ3) is 38.0. The monoisotopic (exact) mass is 522 g/mol. The predicted octanol–water partition coefficient (Wildman–Crippen LogP) is 1.56. The van der Waals surface area contributed by atoms with Crippen LogP contribution in [0.15, 0.2) is 48.6 Å². The van der Waals surface area contributed by atoms with E-state index in [9.17, 15) is 19.2 Å². The van der Waals surface area contributed by atoms with Gasteiger partial charge in [0.05, 0.1) is 0 Å². The van der Waals surface area contributed by atoms with Gasteiger partial charge in [0.25, 0.3) is 0 Å². The van der Waals surface area contributed by atoms with Gasteiger partial charge in [-0.25, -0.2) is 19.2 Å². The lowest BCUT2D eigenvalue weighted by Crippen LogP contribution is -2.25. The maximum atomic E-state index is 9.60. The first-order chi connectivity index (χ1) is 16.4. The van der Waals surface area contributed by atoms with E-state index in [1.54, 1.807) is 0 Å². The number of carboxylic acids is 4. The van der Waals surface area contributed by atoms with Crippen LogP contribution in [0.25, 0.3) is 0 Å². The number of carbonyl (C=O) groups is 4. The number of hydrogen-bond acceptors (Lipinski definition) is 8. The zero-order valence-corrected chi connectivity index (χ0v) is 21.4. The quantitative estimate of drug-likeness (QED) is 0.181. The fourth-order valence-corrected chi connectivity index (χ4v) is 1.19. The van der Waals surface area contributed by atoms with Crippen molar-refractivity contribution in [1.29, 1.82) is 0 Å². The zero-order chi connectivity index (χ0) is 30.0. The van der Waals surface area contributed by atoms with E-state index in [0.717, 1.165) is 0 Å². The summed E-state index contributed by atoms with van der Waals surface area (Å²) in [7, 11) is 0. The molecule has 0 aromatic heterocycles. The molecule has 0 aliphatic heterocycles. The second-order valence-electron chi connectivity index (χ2n) is 7.28. The Balaban J connectivity index is -0.000000116. The van der Waals surface area contributed by atoms with Gasteiger partial charge in [0.1, 0.15) is 0 Å². The fourth-order valence-electron chi connectivity index (χ4n) is 1.19. The van der Waals surface area contributed by atoms with E-state index in [-0.39, 0.29) is 60.6 Å². The highest BCUT2D eigenvalue weighted by atomic mass is 16.4. The van der Waals surface area contributed by atoms with Gasteiger partial charge in [-0.05, 0) is 46.5 Å². The van der Waals surface area contributed by atoms with E-state index in [1.807, 2.05) is 0 Å². The Kier molecular flexibility index (Phi) is 33.2. The van der Waals surface area contributed by atoms with Gasteiger partial charge in [-0.1, -0.05) is 26.3 Å². The van der Waals surface area contributed by atoms with Crippen molar-refractivity contribution in [2.24, 2.45) is 11.8 Å². The summed E-state index contributed by atoms with van der Waals surface area (Å²) >= 11 is 0. The summed E-state index contributed by atoms with van der Waals surface area (Å²) in [6.45, 7) is 18.2. The summed E-state index contributed by atoms with van der Waals surface area (Å²) in [5.74, 6) is -4.11. The molecule has 0 amide bonds. The summed E-state index contributed by atoms with van der Waals surface area (Å²) in [5, 5.41) is 66.6. The molecule has 0 aromatic carbocycles. The summed E-state index contributed by atoms with van der Waals surface area (Å²) in [5.41, 5.74) is 0.704. The highest BCUT2D eigenvalue weighted by Crippen LogP contribution is 2.16. The molecule has 0 rings (SSSR count). The normalized spacial score (nSPS) is 9.58. The largest absolute Gasteiger partial charge is 0.478 e. The van der Waals surface area contributed by atoms with Crippen LogP contribution in [0.2, 0.25) is 0 Å². The molecule has 0 radical (unpaired) electrons. The summed E-state index contributed by atoms with van der Waals surface area (Å²) in [4.78, 5) is 38.4. The Morgan fingerprint density at radius 3 is 0.833 bits per heavy atom. The van der Waals surface area contributed by atoms with Gasteiger partial charge in [-0.2, -0.15) is 0 Å². The maximum absolute atomic E-state index is 9.60. The van der Waals surface area contributed by atoms with Gasteiger partial charge in [-0.3, -0.25) is 0 Å². The van der Waals surface area contributed by atoms with Crippen LogP contribution in [0.1, 0.15) is 40.5 Å². The number of hydrogen-bond donors (Lipinski definition) is 8. The van der Waals surface area contributed by atoms with E-state index in [4.69, 9.17) is 40.9 Å². The van der Waals surface area contributed by atoms with Crippen LogP contribution in [-0.2, 0) is 19.2 Å². The summed E-state index contributed by atoms with van der Waals surface area (Å²) < 4.78 is 0. The lowest BCUT2D eigenvalue weighted by molar-refractivity contribution is -0.133. The first kappa shape index (κ1) is 42.8. The van der Waals surface area contributed by atoms with Crippen molar-refractivity contribution >= 4 is 23.9 Å². The molecule has 12 heteroatoms. The molecule has 0 aliphatic carbocycles. The second-order valence-corrected chi connectivity index (χ2v) is 7.28. The van der Waals surface area contributed by atoms with Crippen molar-refractivity contribution in [1.82, 2.24) is 0 Å². The first-order valence-electron chi connectivity index (χ1n) is 10.4. The minimum absolute atomic E-state index is 0.0498. The third-order valence-corrected chi connectivity index (χ3v) is 3.56. The number of aliphatic hydroxyl groups excluding tert-OH is 4. The summed E-state index contributed by atoms with van der Waals surface area (Å²) in [6.07, 6.45) is 1.24. The van der Waals surface area contributed by atoms with Gasteiger partial charge in [0.2, 0.25) is 0 Å². The third-order valence-electron chi connectivity index (χ3n) is 3.56. The van der Waals surface area contributed by atoms with Crippen molar-refractivity contribution in [2.45, 2.75) is 40.5 Å². The van der Waals surface area contributed by atoms with Crippen LogP contribution in [0.5, 0.6) is 0 Å². The molecule has 0 saturated carbocycles. The Hall–Kier alpha value is -3.32. The van der Waals surface area contributed by atoms with E-state index in [1.165, 1.54) is 27.7 Å². The maximum Gasteiger partial charge on any atom is 0.330 e. The molecule has 0 spiro atoms. The van der Waals surface area contributed by atoms with Crippen molar-refractivity contribution in [3.8, 4) is 0 Å². The molecule has 0 aliphatic rings. The van der Waals surface area contributed by atoms with Crippen LogP contribution in [0.4, 0.5) is 0 Å². The molecular formula is C24H42O12. The number of aliphatic hydroxyl groups is 4. The Labute approximate surface area is 211 Å². The fraction of sp³-hybridized carbons (Fsp3) is 0.500. The standard InChI is InChI=1S/C8H18O4.4C4H6O2/c9-3-1-2-7(4-10)8(5-11)6-12;4*1-3(2)4(5)6/h7-12H,1-6H2;4*1H2,2H3,(H,5,6). The highest BCUT2D eigenvalue weighted by Gasteiger charge is 2.18. The molecule has 210 valence electrons. The van der Waals surface area contributed by atoms with Crippen LogP contribution >= 0.6 is 0 Å². The molecular weight excluding hydrogens is 480 g/mol. The zero-order valence-electron chi connectivity index (χ0n) is 21.4. The van der Waals surface area contributed by atoms with Crippen molar-refractivity contribution in [2.75, 3.05) is 26.4 Å². The highest BCUT2D eigenvalue weighted by molar-refractivity contribution is 5.85. The van der Waals surface area contributed by atoms with Crippen LogP contribution in [0, 0.1) is 11.8 Å².